The van der Waals surface area contributed by atoms with E-state index >= 15 is 0 Å². The Morgan fingerprint density at radius 3 is 2.06 bits per heavy atom. The van der Waals surface area contributed by atoms with Crippen molar-refractivity contribution in [3.05, 3.63) is 0 Å². The van der Waals surface area contributed by atoms with Gasteiger partial charge in [0.25, 0.3) is 16.1 Å². The van der Waals surface area contributed by atoms with Gasteiger partial charge in [0, 0.05) is 39.3 Å². The molecular formula is C19H33N5O6S. The number of ether oxygens (including phenoxy) is 1. The first kappa shape index (κ1) is 23.9. The maximum absolute atomic E-state index is 13.0. The molecule has 31 heavy (non-hydrogen) atoms. The Kier molecular flexibility index (Phi) is 6.94. The summed E-state index contributed by atoms with van der Waals surface area (Å²) < 4.78 is 34.4. The summed E-state index contributed by atoms with van der Waals surface area (Å²) in [6, 6.07) is -0.557. The predicted octanol–water partition coefficient (Wildman–Crippen LogP) is -0.405. The minimum atomic E-state index is -3.64. The molecule has 11 nitrogen and oxygen atoms in total. The number of urea groups is 1. The fraction of sp³-hybridized carbons (Fsp3) is 0.842. The molecule has 3 aliphatic rings. The number of morpholine rings is 1. The highest BCUT2D eigenvalue weighted by Crippen LogP contribution is 2.25. The fourth-order valence-electron chi connectivity index (χ4n) is 4.43. The number of nitrogens with one attached hydrogen (secondary N) is 1. The summed E-state index contributed by atoms with van der Waals surface area (Å²) in [7, 11) is -3.64. The van der Waals surface area contributed by atoms with Crippen molar-refractivity contribution in [2.75, 3.05) is 45.8 Å². The highest BCUT2D eigenvalue weighted by atomic mass is 32.2. The average Bonchev–Trinajstić information content (AvgIpc) is 2.97. The lowest BCUT2D eigenvalue weighted by atomic mass is 9.93. The average molecular weight is 460 g/mol. The van der Waals surface area contributed by atoms with E-state index in [0.29, 0.717) is 25.9 Å². The fourth-order valence-corrected chi connectivity index (χ4v) is 6.18. The van der Waals surface area contributed by atoms with Gasteiger partial charge in [0.2, 0.25) is 5.91 Å². The van der Waals surface area contributed by atoms with E-state index in [4.69, 9.17) is 4.74 Å². The lowest BCUT2D eigenvalue weighted by Gasteiger charge is -2.40. The minimum Gasteiger partial charge on any atom is -0.373 e. The van der Waals surface area contributed by atoms with Gasteiger partial charge >= 0.3 is 6.03 Å². The first-order chi connectivity index (χ1) is 14.5. The second-order valence-electron chi connectivity index (χ2n) is 8.47. The van der Waals surface area contributed by atoms with Crippen molar-refractivity contribution in [1.82, 2.24) is 23.7 Å². The Hall–Kier alpha value is -1.76. The van der Waals surface area contributed by atoms with E-state index in [-0.39, 0.29) is 56.7 Å². The molecule has 2 atom stereocenters. The number of hydrogen-bond donors (Lipinski definition) is 1. The smallest absolute Gasteiger partial charge is 0.325 e. The van der Waals surface area contributed by atoms with E-state index in [1.54, 1.807) is 0 Å². The molecule has 3 heterocycles. The van der Waals surface area contributed by atoms with Crippen LogP contribution in [0.1, 0.15) is 40.5 Å². The van der Waals surface area contributed by atoms with Crippen molar-refractivity contribution in [1.29, 1.82) is 0 Å². The number of nitrogens with zero attached hydrogens (tertiary/aromatic N) is 4. The number of hydrogen-bond acceptors (Lipinski definition) is 6. The zero-order valence-electron chi connectivity index (χ0n) is 18.7. The molecule has 0 aromatic carbocycles. The van der Waals surface area contributed by atoms with Gasteiger partial charge in [0.1, 0.15) is 12.1 Å². The molecule has 4 amide bonds. The summed E-state index contributed by atoms with van der Waals surface area (Å²) >= 11 is 0. The summed E-state index contributed by atoms with van der Waals surface area (Å²) in [5, 5.41) is 2.71. The monoisotopic (exact) mass is 459 g/mol. The second kappa shape index (κ2) is 9.00. The Bertz CT molecular complexity index is 812. The normalized spacial score (nSPS) is 28.1. The third-order valence-corrected chi connectivity index (χ3v) is 8.34. The van der Waals surface area contributed by atoms with Gasteiger partial charge in [-0.25, -0.2) is 4.79 Å². The van der Waals surface area contributed by atoms with E-state index in [2.05, 4.69) is 5.32 Å². The summed E-state index contributed by atoms with van der Waals surface area (Å²) in [4.78, 5) is 40.2. The molecule has 1 N–H and O–H groups in total. The number of piperazine rings is 1. The number of carbonyl (C=O) groups excluding carboxylic acids is 3. The molecule has 0 spiro atoms. The molecule has 0 radical (unpaired) electrons. The summed E-state index contributed by atoms with van der Waals surface area (Å²) in [5.41, 5.74) is -0.948. The molecule has 3 fully saturated rings. The van der Waals surface area contributed by atoms with E-state index in [9.17, 15) is 22.8 Å². The standard InChI is InChI=1S/C19H33N5O6S/c1-5-19(6-2)17(26)24(18(27)20-19)13-16(25)21-7-9-22(10-8-21)31(28,29)23-11-14(3)30-15(4)12-23/h14-15H,5-13H2,1-4H3,(H,20,27). The minimum absolute atomic E-state index is 0.169. The van der Waals surface area contributed by atoms with Gasteiger partial charge < -0.3 is 15.0 Å². The summed E-state index contributed by atoms with van der Waals surface area (Å²) in [6.07, 6.45) is 0.551. The van der Waals surface area contributed by atoms with Crippen LogP contribution in [-0.4, -0.2) is 108 Å². The molecule has 3 rings (SSSR count). The van der Waals surface area contributed by atoms with E-state index in [1.165, 1.54) is 13.5 Å². The van der Waals surface area contributed by atoms with E-state index in [0.717, 1.165) is 4.90 Å². The van der Waals surface area contributed by atoms with Gasteiger partial charge in [0.15, 0.2) is 0 Å². The van der Waals surface area contributed by atoms with E-state index in [1.807, 2.05) is 27.7 Å². The zero-order valence-corrected chi connectivity index (χ0v) is 19.5. The Morgan fingerprint density at radius 1 is 1.03 bits per heavy atom. The quantitative estimate of drug-likeness (QED) is 0.540. The van der Waals surface area contributed by atoms with Crippen LogP contribution in [0, 0.1) is 0 Å². The largest absolute Gasteiger partial charge is 0.373 e. The molecule has 0 aromatic rings. The third-order valence-electron chi connectivity index (χ3n) is 6.38. The predicted molar refractivity (Wildman–Crippen MR) is 112 cm³/mol. The lowest BCUT2D eigenvalue weighted by Crippen LogP contribution is -2.58. The van der Waals surface area contributed by atoms with Gasteiger partial charge in [0.05, 0.1) is 12.2 Å². The van der Waals surface area contributed by atoms with Crippen LogP contribution in [0.5, 0.6) is 0 Å². The topological polar surface area (TPSA) is 120 Å². The van der Waals surface area contributed by atoms with Crippen LogP contribution in [0.25, 0.3) is 0 Å². The summed E-state index contributed by atoms with van der Waals surface area (Å²) in [6.45, 7) is 8.36. The van der Waals surface area contributed by atoms with Crippen molar-refractivity contribution in [2.45, 2.75) is 58.3 Å². The van der Waals surface area contributed by atoms with Crippen molar-refractivity contribution < 1.29 is 27.5 Å². The molecule has 0 aliphatic carbocycles. The second-order valence-corrected chi connectivity index (χ2v) is 10.4. The van der Waals surface area contributed by atoms with Crippen LogP contribution < -0.4 is 5.32 Å². The molecule has 0 bridgehead atoms. The zero-order chi connectivity index (χ0) is 23.0. The Balaban J connectivity index is 1.58. The molecule has 2 unspecified atom stereocenters. The Morgan fingerprint density at radius 2 is 1.58 bits per heavy atom. The number of rotatable bonds is 6. The van der Waals surface area contributed by atoms with Gasteiger partial charge in [-0.05, 0) is 26.7 Å². The first-order valence-electron chi connectivity index (χ1n) is 10.9. The SMILES string of the molecule is CCC1(CC)NC(=O)N(CC(=O)N2CCN(S(=O)(=O)N3CC(C)OC(C)C3)CC2)C1=O. The maximum atomic E-state index is 13.0. The van der Waals surface area contributed by atoms with Crippen molar-refractivity contribution in [3.8, 4) is 0 Å². The van der Waals surface area contributed by atoms with Gasteiger partial charge in [-0.3, -0.25) is 14.5 Å². The van der Waals surface area contributed by atoms with Crippen LogP contribution in [0.3, 0.4) is 0 Å². The van der Waals surface area contributed by atoms with Crippen LogP contribution in [-0.2, 0) is 24.5 Å². The highest BCUT2D eigenvalue weighted by Gasteiger charge is 2.49. The highest BCUT2D eigenvalue weighted by molar-refractivity contribution is 7.86. The molecule has 3 saturated heterocycles. The van der Waals surface area contributed by atoms with Crippen LogP contribution in [0.15, 0.2) is 0 Å². The molecule has 0 saturated carbocycles. The Labute approximate surface area is 183 Å². The summed E-state index contributed by atoms with van der Waals surface area (Å²) in [5.74, 6) is -0.746. The van der Waals surface area contributed by atoms with Gasteiger partial charge in [-0.1, -0.05) is 13.8 Å². The van der Waals surface area contributed by atoms with Crippen molar-refractivity contribution in [2.24, 2.45) is 0 Å². The van der Waals surface area contributed by atoms with Crippen LogP contribution in [0.4, 0.5) is 4.79 Å². The maximum Gasteiger partial charge on any atom is 0.325 e. The number of carbonyl (C=O) groups is 3. The van der Waals surface area contributed by atoms with Gasteiger partial charge in [-0.2, -0.15) is 17.0 Å². The van der Waals surface area contributed by atoms with Gasteiger partial charge in [-0.15, -0.1) is 0 Å². The molecule has 176 valence electrons. The molecule has 0 aromatic heterocycles. The number of amides is 4. The van der Waals surface area contributed by atoms with Crippen molar-refractivity contribution in [3.63, 3.8) is 0 Å². The van der Waals surface area contributed by atoms with E-state index < -0.39 is 21.8 Å². The lowest BCUT2D eigenvalue weighted by molar-refractivity contribution is -0.139. The molecule has 12 heteroatoms. The van der Waals surface area contributed by atoms with Crippen molar-refractivity contribution >= 4 is 28.1 Å². The molecule has 3 aliphatic heterocycles. The van der Waals surface area contributed by atoms with Crippen LogP contribution in [0.2, 0.25) is 0 Å². The molecular weight excluding hydrogens is 426 g/mol. The third kappa shape index (κ3) is 4.57. The number of imide groups is 1. The first-order valence-corrected chi connectivity index (χ1v) is 12.3. The van der Waals surface area contributed by atoms with Crippen LogP contribution >= 0.6 is 0 Å².